The normalized spacial score (nSPS) is 22.3. The van der Waals surface area contributed by atoms with Crippen molar-refractivity contribution in [1.82, 2.24) is 10.2 Å². The van der Waals surface area contributed by atoms with E-state index in [1.807, 2.05) is 0 Å². The van der Waals surface area contributed by atoms with Crippen molar-refractivity contribution < 1.29 is 0 Å². The molecule has 1 aromatic carbocycles. The Kier molecular flexibility index (Phi) is 6.72. The molecule has 1 heterocycles. The van der Waals surface area contributed by atoms with E-state index >= 15 is 0 Å². The van der Waals surface area contributed by atoms with Crippen LogP contribution in [0.15, 0.2) is 30.3 Å². The number of likely N-dealkylation sites (tertiary alicyclic amines) is 1. The molecule has 3 atom stereocenters. The topological polar surface area (TPSA) is 15.3 Å². The average Bonchev–Trinajstić information content (AvgIpc) is 2.99. The van der Waals surface area contributed by atoms with Gasteiger partial charge < -0.3 is 5.32 Å². The molecule has 0 aliphatic carbocycles. The molecule has 118 valence electrons. The highest BCUT2D eigenvalue weighted by Gasteiger charge is 2.31. The molecule has 1 N–H and O–H groups in total. The summed E-state index contributed by atoms with van der Waals surface area (Å²) in [5.41, 5.74) is 1.52. The van der Waals surface area contributed by atoms with Gasteiger partial charge in [0.15, 0.2) is 0 Å². The third-order valence-electron chi connectivity index (χ3n) is 4.91. The van der Waals surface area contributed by atoms with Crippen LogP contribution >= 0.6 is 0 Å². The first kappa shape index (κ1) is 16.5. The van der Waals surface area contributed by atoms with Crippen LogP contribution in [0.5, 0.6) is 0 Å². The molecule has 1 saturated heterocycles. The quantitative estimate of drug-likeness (QED) is 0.777. The van der Waals surface area contributed by atoms with Gasteiger partial charge in [-0.3, -0.25) is 4.90 Å². The van der Waals surface area contributed by atoms with Crippen LogP contribution in [-0.4, -0.2) is 36.6 Å². The Balaban J connectivity index is 2.00. The molecule has 2 rings (SSSR count). The van der Waals surface area contributed by atoms with Crippen LogP contribution in [0.1, 0.15) is 57.9 Å². The highest BCUT2D eigenvalue weighted by molar-refractivity contribution is 5.21. The Hall–Kier alpha value is -0.860. The van der Waals surface area contributed by atoms with Gasteiger partial charge in [-0.05, 0) is 43.8 Å². The fourth-order valence-corrected chi connectivity index (χ4v) is 3.89. The second kappa shape index (κ2) is 8.55. The van der Waals surface area contributed by atoms with Crippen LogP contribution in [0.4, 0.5) is 0 Å². The van der Waals surface area contributed by atoms with Crippen molar-refractivity contribution in [1.29, 1.82) is 0 Å². The van der Waals surface area contributed by atoms with Gasteiger partial charge in [0.1, 0.15) is 0 Å². The van der Waals surface area contributed by atoms with E-state index in [-0.39, 0.29) is 0 Å². The van der Waals surface area contributed by atoms with E-state index < -0.39 is 0 Å². The smallest absolute Gasteiger partial charge is 0.0246 e. The fourth-order valence-electron chi connectivity index (χ4n) is 3.89. The molecular weight excluding hydrogens is 256 g/mol. The maximum atomic E-state index is 3.72. The van der Waals surface area contributed by atoms with Crippen LogP contribution in [0.25, 0.3) is 0 Å². The third kappa shape index (κ3) is 4.31. The zero-order valence-electron chi connectivity index (χ0n) is 14.0. The van der Waals surface area contributed by atoms with Crippen molar-refractivity contribution in [2.75, 3.05) is 19.6 Å². The Morgan fingerprint density at radius 3 is 2.57 bits per heavy atom. The average molecular weight is 288 g/mol. The van der Waals surface area contributed by atoms with Gasteiger partial charge in [0.05, 0.1) is 0 Å². The molecule has 1 fully saturated rings. The summed E-state index contributed by atoms with van der Waals surface area (Å²) in [4.78, 5) is 2.74. The maximum Gasteiger partial charge on any atom is 0.0246 e. The number of rotatable bonds is 8. The largest absolute Gasteiger partial charge is 0.313 e. The lowest BCUT2D eigenvalue weighted by Gasteiger charge is -2.34. The minimum absolute atomic E-state index is 0.652. The molecule has 0 saturated carbocycles. The van der Waals surface area contributed by atoms with E-state index in [4.69, 9.17) is 0 Å². The Labute approximate surface area is 130 Å². The summed E-state index contributed by atoms with van der Waals surface area (Å²) >= 11 is 0. The van der Waals surface area contributed by atoms with Gasteiger partial charge >= 0.3 is 0 Å². The first-order valence-electron chi connectivity index (χ1n) is 8.82. The van der Waals surface area contributed by atoms with Crippen LogP contribution in [0.3, 0.4) is 0 Å². The van der Waals surface area contributed by atoms with Gasteiger partial charge in [0.2, 0.25) is 0 Å². The summed E-state index contributed by atoms with van der Waals surface area (Å²) in [6.45, 7) is 10.4. The summed E-state index contributed by atoms with van der Waals surface area (Å²) < 4.78 is 0. The van der Waals surface area contributed by atoms with E-state index in [1.54, 1.807) is 0 Å². The highest BCUT2D eigenvalue weighted by atomic mass is 15.2. The molecule has 1 aromatic rings. The van der Waals surface area contributed by atoms with Crippen molar-refractivity contribution in [2.24, 2.45) is 0 Å². The number of hydrogen-bond acceptors (Lipinski definition) is 2. The highest BCUT2D eigenvalue weighted by Crippen LogP contribution is 2.30. The van der Waals surface area contributed by atoms with Crippen molar-refractivity contribution >= 4 is 0 Å². The monoisotopic (exact) mass is 288 g/mol. The summed E-state index contributed by atoms with van der Waals surface area (Å²) in [5, 5.41) is 3.72. The van der Waals surface area contributed by atoms with Gasteiger partial charge in [-0.15, -0.1) is 0 Å². The number of hydrogen-bond donors (Lipinski definition) is 1. The molecule has 0 amide bonds. The Morgan fingerprint density at radius 1 is 1.19 bits per heavy atom. The minimum Gasteiger partial charge on any atom is -0.313 e. The molecule has 0 aromatic heterocycles. The molecule has 1 aliphatic rings. The zero-order valence-corrected chi connectivity index (χ0v) is 14.0. The van der Waals surface area contributed by atoms with E-state index in [0.717, 1.165) is 12.5 Å². The summed E-state index contributed by atoms with van der Waals surface area (Å²) in [6.07, 6.45) is 5.12. The van der Waals surface area contributed by atoms with Crippen molar-refractivity contribution in [3.63, 3.8) is 0 Å². The standard InChI is InChI=1S/C19H32N2/c1-4-10-18(20-6-3)19(5-2)21-14-13-17(15-21)16-11-8-7-9-12-16/h7-9,11-12,17-20H,4-6,10,13-15H2,1-3H3. The molecule has 21 heavy (non-hydrogen) atoms. The van der Waals surface area contributed by atoms with Crippen LogP contribution in [0, 0.1) is 0 Å². The number of benzene rings is 1. The van der Waals surface area contributed by atoms with Crippen molar-refractivity contribution in [2.45, 2.75) is 64.5 Å². The van der Waals surface area contributed by atoms with Gasteiger partial charge in [-0.1, -0.05) is 57.5 Å². The van der Waals surface area contributed by atoms with Gasteiger partial charge in [0, 0.05) is 18.6 Å². The summed E-state index contributed by atoms with van der Waals surface area (Å²) in [6, 6.07) is 12.4. The molecular formula is C19H32N2. The summed E-state index contributed by atoms with van der Waals surface area (Å²) in [7, 11) is 0. The van der Waals surface area contributed by atoms with Crippen LogP contribution < -0.4 is 5.32 Å². The molecule has 2 heteroatoms. The molecule has 0 bridgehead atoms. The second-order valence-corrected chi connectivity index (χ2v) is 6.32. The Bertz CT molecular complexity index is 384. The molecule has 3 unspecified atom stereocenters. The van der Waals surface area contributed by atoms with Crippen molar-refractivity contribution in [3.8, 4) is 0 Å². The van der Waals surface area contributed by atoms with Crippen LogP contribution in [-0.2, 0) is 0 Å². The predicted octanol–water partition coefficient (Wildman–Crippen LogP) is 4.03. The number of likely N-dealkylation sites (N-methyl/N-ethyl adjacent to an activating group) is 1. The molecule has 0 spiro atoms. The van der Waals surface area contributed by atoms with E-state index in [1.165, 1.54) is 44.3 Å². The Morgan fingerprint density at radius 2 is 1.95 bits per heavy atom. The van der Waals surface area contributed by atoms with E-state index in [9.17, 15) is 0 Å². The summed E-state index contributed by atoms with van der Waals surface area (Å²) in [5.74, 6) is 0.726. The van der Waals surface area contributed by atoms with Crippen LogP contribution in [0.2, 0.25) is 0 Å². The van der Waals surface area contributed by atoms with E-state index in [0.29, 0.717) is 12.1 Å². The number of nitrogens with zero attached hydrogens (tertiary/aromatic N) is 1. The predicted molar refractivity (Wildman–Crippen MR) is 91.8 cm³/mol. The minimum atomic E-state index is 0.652. The lowest BCUT2D eigenvalue weighted by Crippen LogP contribution is -2.49. The lowest BCUT2D eigenvalue weighted by molar-refractivity contribution is 0.177. The van der Waals surface area contributed by atoms with Gasteiger partial charge in [-0.2, -0.15) is 0 Å². The lowest BCUT2D eigenvalue weighted by atomic mass is 9.97. The first-order valence-corrected chi connectivity index (χ1v) is 8.82. The molecule has 0 radical (unpaired) electrons. The first-order chi connectivity index (χ1) is 10.3. The fraction of sp³-hybridized carbons (Fsp3) is 0.684. The second-order valence-electron chi connectivity index (χ2n) is 6.32. The zero-order chi connectivity index (χ0) is 15.1. The molecule has 2 nitrogen and oxygen atoms in total. The third-order valence-corrected chi connectivity index (χ3v) is 4.91. The maximum absolute atomic E-state index is 3.72. The SMILES string of the molecule is CCCC(NCC)C(CC)N1CCC(c2ccccc2)C1. The van der Waals surface area contributed by atoms with E-state index in [2.05, 4.69) is 61.3 Å². The van der Waals surface area contributed by atoms with Crippen molar-refractivity contribution in [3.05, 3.63) is 35.9 Å². The van der Waals surface area contributed by atoms with Gasteiger partial charge in [-0.25, -0.2) is 0 Å². The number of nitrogens with one attached hydrogen (secondary N) is 1. The van der Waals surface area contributed by atoms with Gasteiger partial charge in [0.25, 0.3) is 0 Å². The molecule has 1 aliphatic heterocycles.